The molecule has 1 aromatic carbocycles. The van der Waals surface area contributed by atoms with Crippen LogP contribution < -0.4 is 10.3 Å². The van der Waals surface area contributed by atoms with Crippen molar-refractivity contribution in [3.05, 3.63) is 52.3 Å². The number of rotatable bonds is 7. The molecular weight excluding hydrogens is 351 g/mol. The van der Waals surface area contributed by atoms with Crippen LogP contribution in [-0.2, 0) is 17.8 Å². The summed E-state index contributed by atoms with van der Waals surface area (Å²) in [7, 11) is 1.78. The molecule has 0 atom stereocenters. The van der Waals surface area contributed by atoms with Crippen molar-refractivity contribution >= 4 is 5.91 Å². The van der Waals surface area contributed by atoms with Crippen LogP contribution >= 0.6 is 0 Å². The number of carbonyl (C=O) groups excluding carboxylic acids is 1. The second-order valence-electron chi connectivity index (χ2n) is 7.17. The molecule has 0 saturated carbocycles. The van der Waals surface area contributed by atoms with E-state index >= 15 is 0 Å². The zero-order chi connectivity index (χ0) is 19.2. The first kappa shape index (κ1) is 19.3. The predicted molar refractivity (Wildman–Crippen MR) is 96.4 cm³/mol. The van der Waals surface area contributed by atoms with Crippen LogP contribution in [0.1, 0.15) is 18.4 Å². The van der Waals surface area contributed by atoms with Gasteiger partial charge in [-0.1, -0.05) is 22.9 Å². The van der Waals surface area contributed by atoms with Gasteiger partial charge in [-0.05, 0) is 55.2 Å². The van der Waals surface area contributed by atoms with Crippen molar-refractivity contribution in [1.29, 1.82) is 0 Å². The lowest BCUT2D eigenvalue weighted by molar-refractivity contribution is -0.751. The molecule has 0 bridgehead atoms. The fourth-order valence-electron chi connectivity index (χ4n) is 3.49. The molecule has 7 nitrogen and oxygen atoms in total. The Morgan fingerprint density at radius 2 is 2.11 bits per heavy atom. The summed E-state index contributed by atoms with van der Waals surface area (Å²) in [6.07, 6.45) is 3.98. The van der Waals surface area contributed by atoms with E-state index < -0.39 is 5.63 Å². The maximum absolute atomic E-state index is 13.7. The van der Waals surface area contributed by atoms with Crippen LogP contribution in [0.3, 0.4) is 0 Å². The number of amides is 1. The Morgan fingerprint density at radius 1 is 1.37 bits per heavy atom. The van der Waals surface area contributed by atoms with Gasteiger partial charge >= 0.3 is 5.63 Å². The second-order valence-corrected chi connectivity index (χ2v) is 7.17. The first-order valence-electron chi connectivity index (χ1n) is 9.29. The minimum atomic E-state index is -0.506. The molecule has 1 aliphatic heterocycles. The van der Waals surface area contributed by atoms with Gasteiger partial charge in [0.15, 0.2) is 0 Å². The number of nitrogens with zero attached hydrogens (tertiary/aromatic N) is 3. The molecule has 0 spiro atoms. The van der Waals surface area contributed by atoms with E-state index in [1.807, 2.05) is 12.1 Å². The number of aromatic nitrogens is 2. The Bertz CT molecular complexity index is 811. The van der Waals surface area contributed by atoms with E-state index in [1.54, 1.807) is 18.0 Å². The average molecular weight is 377 g/mol. The van der Waals surface area contributed by atoms with Gasteiger partial charge in [0.1, 0.15) is 5.82 Å². The quantitative estimate of drug-likeness (QED) is 0.725. The number of aromatic amines is 1. The maximum atomic E-state index is 13.7. The molecule has 27 heavy (non-hydrogen) atoms. The van der Waals surface area contributed by atoms with Gasteiger partial charge in [-0.15, -0.1) is 0 Å². The summed E-state index contributed by atoms with van der Waals surface area (Å²) in [5.74, 6) is 0.250. The van der Waals surface area contributed by atoms with E-state index in [1.165, 1.54) is 16.9 Å². The van der Waals surface area contributed by atoms with Crippen molar-refractivity contribution in [1.82, 2.24) is 15.1 Å². The summed E-state index contributed by atoms with van der Waals surface area (Å²) in [4.78, 5) is 27.3. The third-order valence-corrected chi connectivity index (χ3v) is 5.15. The average Bonchev–Trinajstić information content (AvgIpc) is 3.07. The lowest BCUT2D eigenvalue weighted by atomic mass is 9.96. The molecule has 1 saturated heterocycles. The van der Waals surface area contributed by atoms with Gasteiger partial charge in [0, 0.05) is 20.1 Å². The molecule has 146 valence electrons. The molecule has 3 rings (SSSR count). The number of benzene rings is 1. The Labute approximate surface area is 157 Å². The van der Waals surface area contributed by atoms with Crippen molar-refractivity contribution in [3.63, 3.8) is 0 Å². The van der Waals surface area contributed by atoms with Crippen molar-refractivity contribution in [2.45, 2.75) is 25.8 Å². The van der Waals surface area contributed by atoms with E-state index in [-0.39, 0.29) is 18.3 Å². The highest BCUT2D eigenvalue weighted by atomic mass is 19.1. The number of hydrogen-bond donors (Lipinski definition) is 1. The second kappa shape index (κ2) is 8.94. The van der Waals surface area contributed by atoms with E-state index in [4.69, 9.17) is 0 Å². The first-order chi connectivity index (χ1) is 13.0. The number of likely N-dealkylation sites (tertiary alicyclic amines) is 1. The van der Waals surface area contributed by atoms with E-state index in [0.29, 0.717) is 12.5 Å². The zero-order valence-corrected chi connectivity index (χ0v) is 15.6. The Morgan fingerprint density at radius 3 is 2.78 bits per heavy atom. The number of carbonyl (C=O) groups is 1. The lowest BCUT2D eigenvalue weighted by Gasteiger charge is -2.33. The van der Waals surface area contributed by atoms with E-state index in [2.05, 4.69) is 14.7 Å². The highest BCUT2D eigenvalue weighted by Gasteiger charge is 2.24. The smallest absolute Gasteiger partial charge is 0.340 e. The summed E-state index contributed by atoms with van der Waals surface area (Å²) in [5, 5.41) is 2.38. The number of piperidine rings is 1. The number of halogens is 1. The van der Waals surface area contributed by atoms with Gasteiger partial charge in [0.2, 0.25) is 0 Å². The SMILES string of the molecule is CN(CC1CCN(CCc2ccccc2F)CC1)C(=O)C[n+]1cc(=O)o[nH]1. The number of hydrogen-bond acceptors (Lipinski definition) is 4. The van der Waals surface area contributed by atoms with E-state index in [9.17, 15) is 14.0 Å². The summed E-state index contributed by atoms with van der Waals surface area (Å²) in [5.41, 5.74) is 0.257. The van der Waals surface area contributed by atoms with Gasteiger partial charge < -0.3 is 9.80 Å². The minimum absolute atomic E-state index is 0.0593. The Kier molecular flexibility index (Phi) is 6.39. The number of likely N-dealkylation sites (N-methyl/N-ethyl adjacent to an activating group) is 1. The fourth-order valence-corrected chi connectivity index (χ4v) is 3.49. The van der Waals surface area contributed by atoms with Gasteiger partial charge in [0.25, 0.3) is 18.6 Å². The number of nitrogens with one attached hydrogen (secondary N) is 1. The van der Waals surface area contributed by atoms with Crippen molar-refractivity contribution in [3.8, 4) is 0 Å². The summed E-state index contributed by atoms with van der Waals surface area (Å²) in [6.45, 7) is 3.54. The topological polar surface area (TPSA) is 73.4 Å². The van der Waals surface area contributed by atoms with Crippen LogP contribution in [0.5, 0.6) is 0 Å². The third-order valence-electron chi connectivity index (χ3n) is 5.15. The van der Waals surface area contributed by atoms with Crippen LogP contribution in [0.25, 0.3) is 0 Å². The van der Waals surface area contributed by atoms with Gasteiger partial charge in [-0.2, -0.15) is 0 Å². The molecular formula is C19H26FN4O3+. The predicted octanol–water partition coefficient (Wildman–Crippen LogP) is 0.808. The van der Waals surface area contributed by atoms with Gasteiger partial charge in [0.05, 0.1) is 0 Å². The first-order valence-corrected chi connectivity index (χ1v) is 9.29. The molecule has 0 radical (unpaired) electrons. The molecule has 0 aliphatic carbocycles. The third kappa shape index (κ3) is 5.50. The van der Waals surface area contributed by atoms with E-state index in [0.717, 1.165) is 44.5 Å². The minimum Gasteiger partial charge on any atom is -0.340 e. The van der Waals surface area contributed by atoms with Crippen LogP contribution in [0.15, 0.2) is 39.8 Å². The molecule has 2 heterocycles. The number of H-pyrrole nitrogens is 1. The largest absolute Gasteiger partial charge is 0.426 e. The summed E-state index contributed by atoms with van der Waals surface area (Å²) in [6, 6.07) is 6.93. The van der Waals surface area contributed by atoms with Gasteiger partial charge in [-0.25, -0.2) is 9.18 Å². The maximum Gasteiger partial charge on any atom is 0.426 e. The molecule has 1 aromatic heterocycles. The molecule has 1 N–H and O–H groups in total. The van der Waals surface area contributed by atoms with Crippen LogP contribution in [-0.4, -0.2) is 54.2 Å². The zero-order valence-electron chi connectivity index (χ0n) is 15.6. The lowest BCUT2D eigenvalue weighted by Crippen LogP contribution is -2.46. The highest BCUT2D eigenvalue weighted by Crippen LogP contribution is 2.19. The van der Waals surface area contributed by atoms with Crippen molar-refractivity contribution < 1.29 is 18.4 Å². The Hall–Kier alpha value is -2.48. The van der Waals surface area contributed by atoms with Crippen LogP contribution in [0.4, 0.5) is 4.39 Å². The standard InChI is InChI=1S/C19H25FN4O3/c1-22(18(25)13-24-14-19(26)27-21-24)12-15-6-9-23(10-7-15)11-8-16-4-2-3-5-17(16)20/h2-5,14-15H,6-13H2,1H3/p+1. The van der Waals surface area contributed by atoms with Crippen molar-refractivity contribution in [2.75, 3.05) is 33.2 Å². The Balaban J connectivity index is 1.39. The summed E-state index contributed by atoms with van der Waals surface area (Å²) >= 11 is 0. The normalized spacial score (nSPS) is 15.8. The molecule has 1 amide bonds. The highest BCUT2D eigenvalue weighted by molar-refractivity contribution is 5.74. The van der Waals surface area contributed by atoms with Crippen LogP contribution in [0.2, 0.25) is 0 Å². The molecule has 0 unspecified atom stereocenters. The van der Waals surface area contributed by atoms with Crippen LogP contribution in [0, 0.1) is 11.7 Å². The molecule has 8 heteroatoms. The summed E-state index contributed by atoms with van der Waals surface area (Å²) < 4.78 is 19.6. The fraction of sp³-hybridized carbons (Fsp3) is 0.526. The monoisotopic (exact) mass is 377 g/mol. The molecule has 1 fully saturated rings. The van der Waals surface area contributed by atoms with Gasteiger partial charge in [-0.3, -0.25) is 9.32 Å². The molecule has 1 aliphatic rings. The molecule has 2 aromatic rings. The van der Waals surface area contributed by atoms with Crippen molar-refractivity contribution in [2.24, 2.45) is 5.92 Å².